The van der Waals surface area contributed by atoms with Crippen molar-refractivity contribution in [1.29, 1.82) is 0 Å². The fourth-order valence-electron chi connectivity index (χ4n) is 1.17. The van der Waals surface area contributed by atoms with Crippen LogP contribution in [0.1, 0.15) is 18.9 Å². The standard InChI is InChI=1S/C8H10N2O2S/c11-7(12)5-13-8-9-3-4-10(8)6-1-2-6/h3-4,6H,1-2,5H2,(H,11,12). The number of rotatable bonds is 4. The van der Waals surface area contributed by atoms with Crippen molar-refractivity contribution in [3.05, 3.63) is 12.4 Å². The van der Waals surface area contributed by atoms with Gasteiger partial charge in [0, 0.05) is 18.4 Å². The van der Waals surface area contributed by atoms with Crippen LogP contribution in [-0.2, 0) is 4.79 Å². The van der Waals surface area contributed by atoms with E-state index in [1.807, 2.05) is 6.20 Å². The van der Waals surface area contributed by atoms with Crippen LogP contribution in [0, 0.1) is 0 Å². The molecule has 13 heavy (non-hydrogen) atoms. The van der Waals surface area contributed by atoms with Gasteiger partial charge in [0.15, 0.2) is 5.16 Å². The van der Waals surface area contributed by atoms with Crippen LogP contribution in [0.15, 0.2) is 17.6 Å². The molecule has 0 aromatic carbocycles. The zero-order valence-corrected chi connectivity index (χ0v) is 7.83. The normalized spacial score (nSPS) is 16.0. The molecule has 0 unspecified atom stereocenters. The summed E-state index contributed by atoms with van der Waals surface area (Å²) in [7, 11) is 0. The van der Waals surface area contributed by atoms with E-state index in [2.05, 4.69) is 9.55 Å². The molecule has 0 amide bonds. The molecule has 1 heterocycles. The van der Waals surface area contributed by atoms with Crippen molar-refractivity contribution in [2.75, 3.05) is 5.75 Å². The predicted molar refractivity (Wildman–Crippen MR) is 48.9 cm³/mol. The molecule has 4 nitrogen and oxygen atoms in total. The molecule has 0 atom stereocenters. The lowest BCUT2D eigenvalue weighted by Gasteiger charge is -2.02. The number of carboxylic acid groups (broad SMARTS) is 1. The lowest BCUT2D eigenvalue weighted by molar-refractivity contribution is -0.133. The van der Waals surface area contributed by atoms with Gasteiger partial charge in [-0.05, 0) is 12.8 Å². The van der Waals surface area contributed by atoms with Gasteiger partial charge in [-0.25, -0.2) is 4.98 Å². The molecule has 0 saturated heterocycles. The van der Waals surface area contributed by atoms with Gasteiger partial charge in [0.25, 0.3) is 0 Å². The Labute approximate surface area is 80.0 Å². The Hall–Kier alpha value is -0.970. The minimum atomic E-state index is -0.796. The molecule has 1 aromatic heterocycles. The number of hydrogen-bond donors (Lipinski definition) is 1. The summed E-state index contributed by atoms with van der Waals surface area (Å²) in [6.07, 6.45) is 6.03. The molecule has 1 saturated carbocycles. The van der Waals surface area contributed by atoms with E-state index in [4.69, 9.17) is 5.11 Å². The second-order valence-electron chi connectivity index (χ2n) is 3.03. The highest BCUT2D eigenvalue weighted by atomic mass is 32.2. The fraction of sp³-hybridized carbons (Fsp3) is 0.500. The Morgan fingerprint density at radius 1 is 1.77 bits per heavy atom. The van der Waals surface area contributed by atoms with Gasteiger partial charge in [-0.3, -0.25) is 4.79 Å². The molecule has 0 aliphatic heterocycles. The summed E-state index contributed by atoms with van der Waals surface area (Å²) < 4.78 is 2.06. The number of aliphatic carboxylic acids is 1. The third-order valence-corrected chi connectivity index (χ3v) is 2.86. The summed E-state index contributed by atoms with van der Waals surface area (Å²) in [5.74, 6) is -0.709. The molecule has 0 radical (unpaired) electrons. The SMILES string of the molecule is O=C(O)CSc1nccn1C1CC1. The summed E-state index contributed by atoms with van der Waals surface area (Å²) in [6.45, 7) is 0. The second-order valence-corrected chi connectivity index (χ2v) is 3.97. The summed E-state index contributed by atoms with van der Waals surface area (Å²) in [4.78, 5) is 14.4. The van der Waals surface area contributed by atoms with Gasteiger partial charge >= 0.3 is 5.97 Å². The van der Waals surface area contributed by atoms with E-state index >= 15 is 0 Å². The van der Waals surface area contributed by atoms with Gasteiger partial charge in [-0.1, -0.05) is 11.8 Å². The highest BCUT2D eigenvalue weighted by molar-refractivity contribution is 7.99. The van der Waals surface area contributed by atoms with E-state index in [1.165, 1.54) is 24.6 Å². The van der Waals surface area contributed by atoms with Crippen molar-refractivity contribution in [3.63, 3.8) is 0 Å². The maximum Gasteiger partial charge on any atom is 0.313 e. The number of thioether (sulfide) groups is 1. The molecule has 0 bridgehead atoms. The van der Waals surface area contributed by atoms with E-state index in [0.717, 1.165) is 5.16 Å². The topological polar surface area (TPSA) is 55.1 Å². The van der Waals surface area contributed by atoms with Crippen molar-refractivity contribution < 1.29 is 9.90 Å². The van der Waals surface area contributed by atoms with Gasteiger partial charge < -0.3 is 9.67 Å². The van der Waals surface area contributed by atoms with E-state index in [0.29, 0.717) is 6.04 Å². The first-order valence-electron chi connectivity index (χ1n) is 4.15. The Morgan fingerprint density at radius 3 is 3.15 bits per heavy atom. The molecule has 5 heteroatoms. The van der Waals surface area contributed by atoms with E-state index in [9.17, 15) is 4.79 Å². The number of carbonyl (C=O) groups is 1. The first kappa shape index (κ1) is 8.62. The molecular weight excluding hydrogens is 188 g/mol. The average Bonchev–Trinajstić information content (AvgIpc) is 2.82. The van der Waals surface area contributed by atoms with E-state index < -0.39 is 5.97 Å². The second kappa shape index (κ2) is 3.41. The smallest absolute Gasteiger partial charge is 0.313 e. The van der Waals surface area contributed by atoms with Gasteiger partial charge in [0.2, 0.25) is 0 Å². The van der Waals surface area contributed by atoms with Gasteiger partial charge in [-0.2, -0.15) is 0 Å². The molecule has 1 aliphatic rings. The van der Waals surface area contributed by atoms with Gasteiger partial charge in [0.1, 0.15) is 0 Å². The largest absolute Gasteiger partial charge is 0.481 e. The summed E-state index contributed by atoms with van der Waals surface area (Å²) in [5.41, 5.74) is 0. The molecule has 1 aromatic rings. The van der Waals surface area contributed by atoms with Crippen molar-refractivity contribution in [2.45, 2.75) is 24.0 Å². The average molecular weight is 198 g/mol. The molecular formula is C8H10N2O2S. The monoisotopic (exact) mass is 198 g/mol. The number of carboxylic acids is 1. The number of aromatic nitrogens is 2. The van der Waals surface area contributed by atoms with E-state index in [-0.39, 0.29) is 5.75 Å². The van der Waals surface area contributed by atoms with Crippen LogP contribution in [0.5, 0.6) is 0 Å². The fourth-order valence-corrected chi connectivity index (χ4v) is 1.92. The van der Waals surface area contributed by atoms with E-state index in [1.54, 1.807) is 6.20 Å². The first-order chi connectivity index (χ1) is 6.27. The number of imidazole rings is 1. The Morgan fingerprint density at radius 2 is 2.54 bits per heavy atom. The Kier molecular flexibility index (Phi) is 2.26. The quantitative estimate of drug-likeness (QED) is 0.743. The summed E-state index contributed by atoms with van der Waals surface area (Å²) >= 11 is 1.28. The van der Waals surface area contributed by atoms with Crippen LogP contribution < -0.4 is 0 Å². The van der Waals surface area contributed by atoms with Gasteiger partial charge in [-0.15, -0.1) is 0 Å². The predicted octanol–water partition coefficient (Wildman–Crippen LogP) is 1.39. The molecule has 0 spiro atoms. The molecule has 1 aliphatic carbocycles. The summed E-state index contributed by atoms with van der Waals surface area (Å²) in [5, 5.41) is 9.32. The minimum absolute atomic E-state index is 0.0870. The number of hydrogen-bond acceptors (Lipinski definition) is 3. The maximum atomic E-state index is 10.3. The third-order valence-electron chi connectivity index (χ3n) is 1.90. The maximum absolute atomic E-state index is 10.3. The zero-order valence-electron chi connectivity index (χ0n) is 7.01. The van der Waals surface area contributed by atoms with Crippen LogP contribution >= 0.6 is 11.8 Å². The zero-order chi connectivity index (χ0) is 9.26. The van der Waals surface area contributed by atoms with Crippen LogP contribution in [-0.4, -0.2) is 26.4 Å². The molecule has 2 rings (SSSR count). The Bertz CT molecular complexity index is 320. The third kappa shape index (κ3) is 2.03. The Balaban J connectivity index is 2.02. The van der Waals surface area contributed by atoms with Crippen LogP contribution in [0.3, 0.4) is 0 Å². The van der Waals surface area contributed by atoms with Crippen LogP contribution in [0.4, 0.5) is 0 Å². The van der Waals surface area contributed by atoms with Crippen molar-refractivity contribution in [1.82, 2.24) is 9.55 Å². The van der Waals surface area contributed by atoms with Crippen LogP contribution in [0.2, 0.25) is 0 Å². The molecule has 1 fully saturated rings. The van der Waals surface area contributed by atoms with Crippen molar-refractivity contribution in [2.24, 2.45) is 0 Å². The highest BCUT2D eigenvalue weighted by Crippen LogP contribution is 2.37. The lowest BCUT2D eigenvalue weighted by Crippen LogP contribution is -2.01. The van der Waals surface area contributed by atoms with Crippen molar-refractivity contribution >= 4 is 17.7 Å². The van der Waals surface area contributed by atoms with Crippen LogP contribution in [0.25, 0.3) is 0 Å². The number of nitrogens with zero attached hydrogens (tertiary/aromatic N) is 2. The summed E-state index contributed by atoms with van der Waals surface area (Å²) in [6, 6.07) is 0.568. The lowest BCUT2D eigenvalue weighted by atomic mass is 10.7. The highest BCUT2D eigenvalue weighted by Gasteiger charge is 2.25. The first-order valence-corrected chi connectivity index (χ1v) is 5.13. The molecule has 70 valence electrons. The van der Waals surface area contributed by atoms with Gasteiger partial charge in [0.05, 0.1) is 5.75 Å². The van der Waals surface area contributed by atoms with Crippen molar-refractivity contribution in [3.8, 4) is 0 Å². The minimum Gasteiger partial charge on any atom is -0.481 e. The molecule has 1 N–H and O–H groups in total.